The van der Waals surface area contributed by atoms with Gasteiger partial charge in [-0.25, -0.2) is 4.39 Å². The van der Waals surface area contributed by atoms with E-state index in [0.29, 0.717) is 5.56 Å². The Morgan fingerprint density at radius 1 is 1.27 bits per heavy atom. The summed E-state index contributed by atoms with van der Waals surface area (Å²) in [7, 11) is 0. The fourth-order valence-electron chi connectivity index (χ4n) is 2.50. The first-order chi connectivity index (χ1) is 10.5. The number of benzene rings is 2. The summed E-state index contributed by atoms with van der Waals surface area (Å²) in [5.74, 6) is -1.27. The molecule has 22 heavy (non-hydrogen) atoms. The van der Waals surface area contributed by atoms with E-state index in [4.69, 9.17) is 22.1 Å². The van der Waals surface area contributed by atoms with E-state index in [1.165, 1.54) is 18.2 Å². The lowest BCUT2D eigenvalue weighted by Gasteiger charge is -2.27. The second-order valence-corrected chi connectivity index (χ2v) is 5.19. The third-order valence-corrected chi connectivity index (χ3v) is 3.80. The first-order valence-electron chi connectivity index (χ1n) is 6.37. The van der Waals surface area contributed by atoms with Crippen LogP contribution in [0, 0.1) is 17.1 Å². The van der Waals surface area contributed by atoms with Gasteiger partial charge in [0.1, 0.15) is 29.0 Å². The highest BCUT2D eigenvalue weighted by atomic mass is 35.5. The molecule has 0 radical (unpaired) electrons. The van der Waals surface area contributed by atoms with Crippen LogP contribution in [0.1, 0.15) is 17.0 Å². The molecule has 0 aliphatic carbocycles. The molecule has 0 amide bonds. The fourth-order valence-corrected chi connectivity index (χ4v) is 2.67. The van der Waals surface area contributed by atoms with Crippen molar-refractivity contribution in [3.63, 3.8) is 0 Å². The summed E-state index contributed by atoms with van der Waals surface area (Å²) in [6.45, 7) is 0. The number of aromatic hydroxyl groups is 1. The Balaban J connectivity index is 2.30. The van der Waals surface area contributed by atoms with Gasteiger partial charge in [-0.05, 0) is 12.1 Å². The van der Waals surface area contributed by atoms with Gasteiger partial charge in [-0.3, -0.25) is 0 Å². The number of phenolic OH excluding ortho intramolecular Hbond substituents is 1. The summed E-state index contributed by atoms with van der Waals surface area (Å²) in [5.41, 5.74) is 6.62. The molecule has 1 unspecified atom stereocenters. The number of rotatable bonds is 1. The number of fused-ring (bicyclic) bond motifs is 1. The van der Waals surface area contributed by atoms with E-state index >= 15 is 0 Å². The van der Waals surface area contributed by atoms with Crippen LogP contribution in [-0.2, 0) is 0 Å². The van der Waals surface area contributed by atoms with Gasteiger partial charge in [-0.15, -0.1) is 0 Å². The van der Waals surface area contributed by atoms with Crippen LogP contribution in [0.4, 0.5) is 4.39 Å². The number of allylic oxidation sites excluding steroid dienone is 1. The Bertz CT molecular complexity index is 843. The highest BCUT2D eigenvalue weighted by Gasteiger charge is 2.33. The van der Waals surface area contributed by atoms with E-state index in [1.54, 1.807) is 18.2 Å². The zero-order valence-electron chi connectivity index (χ0n) is 11.2. The van der Waals surface area contributed by atoms with Crippen LogP contribution in [0.2, 0.25) is 5.02 Å². The van der Waals surface area contributed by atoms with Crippen LogP contribution in [0.5, 0.6) is 11.5 Å². The number of phenols is 1. The lowest BCUT2D eigenvalue weighted by atomic mass is 9.83. The van der Waals surface area contributed by atoms with Crippen molar-refractivity contribution in [3.8, 4) is 17.6 Å². The standard InChI is InChI=1S/C16H10ClFN2O2/c17-11-5-9-14(6-13(11)21)22-16(20)10(7-19)15(9)8-3-1-2-4-12(8)18/h1-6,15,21H,20H2. The molecule has 1 aliphatic rings. The Hall–Kier alpha value is -2.71. The number of hydrogen-bond donors (Lipinski definition) is 2. The molecule has 0 aromatic heterocycles. The number of ether oxygens (including phenoxy) is 1. The molecular formula is C16H10ClFN2O2. The highest BCUT2D eigenvalue weighted by Crippen LogP contribution is 2.45. The minimum absolute atomic E-state index is 0.0847. The fraction of sp³-hybridized carbons (Fsp3) is 0.0625. The summed E-state index contributed by atoms with van der Waals surface area (Å²) in [4.78, 5) is 0. The highest BCUT2D eigenvalue weighted by molar-refractivity contribution is 6.32. The molecule has 1 atom stereocenters. The largest absolute Gasteiger partial charge is 0.506 e. The van der Waals surface area contributed by atoms with Gasteiger partial charge in [0.15, 0.2) is 0 Å². The van der Waals surface area contributed by atoms with E-state index in [2.05, 4.69) is 0 Å². The average molecular weight is 317 g/mol. The van der Waals surface area contributed by atoms with Gasteiger partial charge in [0.25, 0.3) is 0 Å². The Morgan fingerprint density at radius 2 is 2.00 bits per heavy atom. The summed E-state index contributed by atoms with van der Waals surface area (Å²) >= 11 is 5.94. The average Bonchev–Trinajstić information content (AvgIpc) is 2.49. The number of hydrogen-bond acceptors (Lipinski definition) is 4. The first-order valence-corrected chi connectivity index (χ1v) is 6.75. The minimum Gasteiger partial charge on any atom is -0.506 e. The van der Waals surface area contributed by atoms with Crippen LogP contribution in [0.3, 0.4) is 0 Å². The first kappa shape index (κ1) is 14.2. The van der Waals surface area contributed by atoms with E-state index in [-0.39, 0.29) is 33.5 Å². The number of halogens is 2. The summed E-state index contributed by atoms with van der Waals surface area (Å²) in [5, 5.41) is 19.1. The Kier molecular flexibility index (Phi) is 3.39. The summed E-state index contributed by atoms with van der Waals surface area (Å²) in [6, 6.07) is 10.8. The van der Waals surface area contributed by atoms with Gasteiger partial charge >= 0.3 is 0 Å². The van der Waals surface area contributed by atoms with Gasteiger partial charge in [-0.1, -0.05) is 29.8 Å². The predicted molar refractivity (Wildman–Crippen MR) is 78.8 cm³/mol. The molecular weight excluding hydrogens is 307 g/mol. The Morgan fingerprint density at radius 3 is 2.68 bits per heavy atom. The van der Waals surface area contributed by atoms with Gasteiger partial charge in [0, 0.05) is 17.2 Å². The second-order valence-electron chi connectivity index (χ2n) is 4.79. The molecule has 0 saturated heterocycles. The molecule has 110 valence electrons. The molecule has 2 aromatic carbocycles. The third kappa shape index (κ3) is 2.14. The Labute approximate surface area is 130 Å². The SMILES string of the molecule is N#CC1=C(N)Oc2cc(O)c(Cl)cc2C1c1ccccc1F. The normalized spacial score (nSPS) is 16.7. The van der Waals surface area contributed by atoms with Crippen LogP contribution in [-0.4, -0.2) is 5.11 Å². The zero-order valence-corrected chi connectivity index (χ0v) is 11.9. The topological polar surface area (TPSA) is 79.3 Å². The number of nitriles is 1. The number of nitrogens with two attached hydrogens (primary N) is 1. The van der Waals surface area contributed by atoms with E-state index in [0.717, 1.165) is 0 Å². The smallest absolute Gasteiger partial charge is 0.205 e. The van der Waals surface area contributed by atoms with Crippen LogP contribution < -0.4 is 10.5 Å². The molecule has 0 bridgehead atoms. The van der Waals surface area contributed by atoms with Gasteiger partial charge < -0.3 is 15.6 Å². The van der Waals surface area contributed by atoms with Crippen molar-refractivity contribution in [2.75, 3.05) is 0 Å². The molecule has 1 aliphatic heterocycles. The molecule has 0 spiro atoms. The molecule has 0 fully saturated rings. The van der Waals surface area contributed by atoms with Crippen LogP contribution in [0.25, 0.3) is 0 Å². The monoisotopic (exact) mass is 316 g/mol. The lowest BCUT2D eigenvalue weighted by molar-refractivity contribution is 0.387. The van der Waals surface area contributed by atoms with Crippen molar-refractivity contribution in [2.45, 2.75) is 5.92 Å². The third-order valence-electron chi connectivity index (χ3n) is 3.50. The summed E-state index contributed by atoms with van der Waals surface area (Å²) < 4.78 is 19.5. The summed E-state index contributed by atoms with van der Waals surface area (Å²) in [6.07, 6.45) is 0. The van der Waals surface area contributed by atoms with Crippen molar-refractivity contribution in [2.24, 2.45) is 5.73 Å². The van der Waals surface area contributed by atoms with Gasteiger partial charge in [0.2, 0.25) is 5.88 Å². The van der Waals surface area contributed by atoms with Crippen LogP contribution >= 0.6 is 11.6 Å². The molecule has 3 N–H and O–H groups in total. The van der Waals surface area contributed by atoms with E-state index in [1.807, 2.05) is 6.07 Å². The number of nitrogens with zero attached hydrogens (tertiary/aromatic N) is 1. The van der Waals surface area contributed by atoms with Crippen molar-refractivity contribution in [3.05, 3.63) is 69.8 Å². The van der Waals surface area contributed by atoms with Gasteiger partial charge in [0.05, 0.1) is 10.9 Å². The molecule has 1 heterocycles. The van der Waals surface area contributed by atoms with E-state index < -0.39 is 11.7 Å². The maximum atomic E-state index is 14.2. The van der Waals surface area contributed by atoms with Crippen molar-refractivity contribution in [1.82, 2.24) is 0 Å². The van der Waals surface area contributed by atoms with E-state index in [9.17, 15) is 14.8 Å². The van der Waals surface area contributed by atoms with Crippen molar-refractivity contribution in [1.29, 1.82) is 5.26 Å². The van der Waals surface area contributed by atoms with Crippen LogP contribution in [0.15, 0.2) is 47.9 Å². The lowest BCUT2D eigenvalue weighted by Crippen LogP contribution is -2.21. The molecule has 0 saturated carbocycles. The van der Waals surface area contributed by atoms with Gasteiger partial charge in [-0.2, -0.15) is 5.26 Å². The predicted octanol–water partition coefficient (Wildman–Crippen LogP) is 3.40. The zero-order chi connectivity index (χ0) is 15.9. The second kappa shape index (κ2) is 5.24. The molecule has 4 nitrogen and oxygen atoms in total. The van der Waals surface area contributed by atoms with Crippen molar-refractivity contribution >= 4 is 11.6 Å². The molecule has 6 heteroatoms. The molecule has 2 aromatic rings. The maximum absolute atomic E-state index is 14.2. The van der Waals surface area contributed by atoms with Crippen molar-refractivity contribution < 1.29 is 14.2 Å². The minimum atomic E-state index is -0.743. The quantitative estimate of drug-likeness (QED) is 0.845. The maximum Gasteiger partial charge on any atom is 0.205 e. The molecule has 3 rings (SSSR count).